The maximum Gasteiger partial charge on any atom is 0.416 e. The minimum Gasteiger partial charge on any atom is -0.457 e. The van der Waals surface area contributed by atoms with Gasteiger partial charge in [0.05, 0.1) is 12.3 Å². The van der Waals surface area contributed by atoms with E-state index in [4.69, 9.17) is 15.2 Å². The highest BCUT2D eigenvalue weighted by molar-refractivity contribution is 8.00. The molecular formula is C18H17N3O3S. The van der Waals surface area contributed by atoms with Crippen molar-refractivity contribution in [1.29, 1.82) is 0 Å². The Bertz CT molecular complexity index is 838. The number of amides is 1. The van der Waals surface area contributed by atoms with E-state index in [2.05, 4.69) is 0 Å². The summed E-state index contributed by atoms with van der Waals surface area (Å²) in [6, 6.07) is 13.2. The minimum atomic E-state index is -0.343. The standard InChI is InChI=1S/C18H17N3O3S/c1-2-23-18(22)21-10-9-20-15-11-14(7-8-16(15)25-17(20)21)24-13-5-3-12(19)4-6-13/h3-11,17H,2,19H2,1H3. The molecule has 1 amide bonds. The second-order valence-corrected chi connectivity index (χ2v) is 6.65. The lowest BCUT2D eigenvalue weighted by Crippen LogP contribution is -2.37. The van der Waals surface area contributed by atoms with E-state index in [1.54, 1.807) is 41.9 Å². The summed E-state index contributed by atoms with van der Waals surface area (Å²) >= 11 is 1.60. The van der Waals surface area contributed by atoms with E-state index in [0.717, 1.165) is 22.1 Å². The summed E-state index contributed by atoms with van der Waals surface area (Å²) in [4.78, 5) is 16.8. The van der Waals surface area contributed by atoms with Gasteiger partial charge in [0.25, 0.3) is 0 Å². The second-order valence-electron chi connectivity index (χ2n) is 5.56. The molecule has 1 unspecified atom stereocenters. The predicted octanol–water partition coefficient (Wildman–Crippen LogP) is 4.20. The number of nitrogens with zero attached hydrogens (tertiary/aromatic N) is 2. The van der Waals surface area contributed by atoms with Crippen molar-refractivity contribution >= 4 is 29.2 Å². The summed E-state index contributed by atoms with van der Waals surface area (Å²) in [5.41, 5.74) is 7.25. The molecule has 0 aliphatic carbocycles. The number of ether oxygens (including phenoxy) is 2. The van der Waals surface area contributed by atoms with E-state index in [1.807, 2.05) is 41.4 Å². The monoisotopic (exact) mass is 355 g/mol. The Hall–Kier alpha value is -2.80. The quantitative estimate of drug-likeness (QED) is 0.832. The molecule has 0 saturated carbocycles. The summed E-state index contributed by atoms with van der Waals surface area (Å²) in [6.07, 6.45) is 3.28. The highest BCUT2D eigenvalue weighted by Crippen LogP contribution is 2.48. The van der Waals surface area contributed by atoms with Crippen LogP contribution in [0.15, 0.2) is 59.8 Å². The van der Waals surface area contributed by atoms with Crippen molar-refractivity contribution in [2.45, 2.75) is 17.3 Å². The number of benzene rings is 2. The van der Waals surface area contributed by atoms with Crippen molar-refractivity contribution in [3.8, 4) is 11.5 Å². The molecule has 2 N–H and O–H groups in total. The van der Waals surface area contributed by atoms with Crippen LogP contribution >= 0.6 is 11.8 Å². The fourth-order valence-electron chi connectivity index (χ4n) is 2.73. The number of anilines is 2. The largest absolute Gasteiger partial charge is 0.457 e. The fraction of sp³-hybridized carbons (Fsp3) is 0.167. The van der Waals surface area contributed by atoms with Crippen molar-refractivity contribution in [3.63, 3.8) is 0 Å². The van der Waals surface area contributed by atoms with Gasteiger partial charge in [0.1, 0.15) is 11.5 Å². The van der Waals surface area contributed by atoms with Crippen LogP contribution in [0.2, 0.25) is 0 Å². The highest BCUT2D eigenvalue weighted by atomic mass is 32.2. The Morgan fingerprint density at radius 1 is 1.16 bits per heavy atom. The first-order valence-corrected chi connectivity index (χ1v) is 8.79. The number of rotatable bonds is 3. The van der Waals surface area contributed by atoms with Gasteiger partial charge >= 0.3 is 6.09 Å². The third kappa shape index (κ3) is 2.87. The van der Waals surface area contributed by atoms with Gasteiger partial charge in [-0.2, -0.15) is 0 Å². The molecule has 1 atom stereocenters. The number of carbonyl (C=O) groups is 1. The van der Waals surface area contributed by atoms with Crippen LogP contribution in [-0.2, 0) is 4.74 Å². The SMILES string of the molecule is CCOC(=O)N1C=CN2c3cc(Oc4ccc(N)cc4)ccc3SC12. The molecule has 7 heteroatoms. The molecule has 2 aromatic rings. The first-order valence-electron chi connectivity index (χ1n) is 7.91. The zero-order valence-corrected chi connectivity index (χ0v) is 14.4. The van der Waals surface area contributed by atoms with E-state index < -0.39 is 0 Å². The average Bonchev–Trinajstić information content (AvgIpc) is 3.16. The third-order valence-electron chi connectivity index (χ3n) is 3.90. The molecule has 0 spiro atoms. The topological polar surface area (TPSA) is 68.0 Å². The van der Waals surface area contributed by atoms with Crippen LogP contribution in [0.25, 0.3) is 0 Å². The average molecular weight is 355 g/mol. The molecule has 2 heterocycles. The first-order chi connectivity index (χ1) is 12.2. The number of hydrogen-bond donors (Lipinski definition) is 1. The van der Waals surface area contributed by atoms with Gasteiger partial charge in [0, 0.05) is 29.0 Å². The zero-order chi connectivity index (χ0) is 17.4. The van der Waals surface area contributed by atoms with Crippen LogP contribution in [0.1, 0.15) is 6.92 Å². The molecule has 0 fully saturated rings. The van der Waals surface area contributed by atoms with Crippen molar-refractivity contribution in [2.24, 2.45) is 0 Å². The third-order valence-corrected chi connectivity index (χ3v) is 5.16. The summed E-state index contributed by atoms with van der Waals surface area (Å²) in [6.45, 7) is 2.15. The van der Waals surface area contributed by atoms with E-state index in [0.29, 0.717) is 12.3 Å². The molecule has 2 aromatic carbocycles. The molecule has 128 valence electrons. The maximum atomic E-state index is 12.1. The van der Waals surface area contributed by atoms with Crippen molar-refractivity contribution in [3.05, 3.63) is 54.9 Å². The number of carbonyl (C=O) groups excluding carboxylic acids is 1. The van der Waals surface area contributed by atoms with Gasteiger partial charge in [-0.3, -0.25) is 4.90 Å². The van der Waals surface area contributed by atoms with Crippen LogP contribution in [0, 0.1) is 0 Å². The maximum absolute atomic E-state index is 12.1. The van der Waals surface area contributed by atoms with E-state index >= 15 is 0 Å². The van der Waals surface area contributed by atoms with Gasteiger partial charge < -0.3 is 20.1 Å². The molecule has 2 aliphatic rings. The molecule has 25 heavy (non-hydrogen) atoms. The fourth-order valence-corrected chi connectivity index (χ4v) is 3.96. The number of nitrogen functional groups attached to an aromatic ring is 1. The highest BCUT2D eigenvalue weighted by Gasteiger charge is 2.39. The summed E-state index contributed by atoms with van der Waals surface area (Å²) in [5, 5.41) is 0. The Morgan fingerprint density at radius 2 is 1.92 bits per heavy atom. The molecule has 0 radical (unpaired) electrons. The van der Waals surface area contributed by atoms with Crippen LogP contribution in [0.5, 0.6) is 11.5 Å². The minimum absolute atomic E-state index is 0.152. The number of thioether (sulfide) groups is 1. The molecule has 0 saturated heterocycles. The van der Waals surface area contributed by atoms with Gasteiger partial charge in [-0.15, -0.1) is 0 Å². The van der Waals surface area contributed by atoms with Gasteiger partial charge in [-0.1, -0.05) is 11.8 Å². The normalized spacial score (nSPS) is 17.4. The van der Waals surface area contributed by atoms with Gasteiger partial charge in [-0.25, -0.2) is 4.79 Å². The van der Waals surface area contributed by atoms with E-state index in [1.165, 1.54) is 0 Å². The Balaban J connectivity index is 1.55. The Morgan fingerprint density at radius 3 is 2.68 bits per heavy atom. The van der Waals surface area contributed by atoms with Crippen LogP contribution in [0.4, 0.5) is 16.2 Å². The lowest BCUT2D eigenvalue weighted by molar-refractivity contribution is 0.122. The Labute approximate surface area is 149 Å². The molecular weight excluding hydrogens is 338 g/mol. The lowest BCUT2D eigenvalue weighted by atomic mass is 10.2. The van der Waals surface area contributed by atoms with Crippen molar-refractivity contribution < 1.29 is 14.3 Å². The van der Waals surface area contributed by atoms with Crippen LogP contribution in [0.3, 0.4) is 0 Å². The van der Waals surface area contributed by atoms with Gasteiger partial charge in [0.15, 0.2) is 5.50 Å². The lowest BCUT2D eigenvalue weighted by Gasteiger charge is -2.23. The number of nitrogens with two attached hydrogens (primary N) is 1. The van der Waals surface area contributed by atoms with Crippen LogP contribution in [-0.4, -0.2) is 23.1 Å². The Kier molecular flexibility index (Phi) is 3.93. The predicted molar refractivity (Wildman–Crippen MR) is 97.5 cm³/mol. The van der Waals surface area contributed by atoms with Gasteiger partial charge in [-0.05, 0) is 43.3 Å². The first kappa shape index (κ1) is 15.7. The summed E-state index contributed by atoms with van der Waals surface area (Å²) in [5.74, 6) is 1.45. The number of hydrogen-bond acceptors (Lipinski definition) is 6. The zero-order valence-electron chi connectivity index (χ0n) is 13.6. The van der Waals surface area contributed by atoms with E-state index in [9.17, 15) is 4.79 Å². The molecule has 0 aromatic heterocycles. The smallest absolute Gasteiger partial charge is 0.416 e. The molecule has 4 rings (SSSR count). The number of fused-ring (bicyclic) bond motifs is 3. The van der Waals surface area contributed by atoms with Crippen molar-refractivity contribution in [2.75, 3.05) is 17.2 Å². The van der Waals surface area contributed by atoms with Gasteiger partial charge in [0.2, 0.25) is 0 Å². The van der Waals surface area contributed by atoms with E-state index in [-0.39, 0.29) is 11.6 Å². The summed E-state index contributed by atoms with van der Waals surface area (Å²) < 4.78 is 11.0. The molecule has 6 nitrogen and oxygen atoms in total. The summed E-state index contributed by atoms with van der Waals surface area (Å²) in [7, 11) is 0. The molecule has 2 aliphatic heterocycles. The second kappa shape index (κ2) is 6.25. The van der Waals surface area contributed by atoms with Crippen LogP contribution < -0.4 is 15.4 Å². The molecule has 0 bridgehead atoms. The van der Waals surface area contributed by atoms with Crippen molar-refractivity contribution in [1.82, 2.24) is 4.90 Å².